The second-order valence-electron chi connectivity index (χ2n) is 12.7. The van der Waals surface area contributed by atoms with Crippen molar-refractivity contribution < 1.29 is 0 Å². The van der Waals surface area contributed by atoms with Crippen molar-refractivity contribution in [2.75, 3.05) is 28.2 Å². The molecule has 4 rings (SSSR count). The smallest absolute Gasteiger partial charge is 0.234 e. The topological polar surface area (TPSA) is 6.48 Å². The van der Waals surface area contributed by atoms with Crippen LogP contribution >= 0.6 is 22.2 Å². The molecule has 0 aliphatic carbocycles. The van der Waals surface area contributed by atoms with Gasteiger partial charge in [0, 0.05) is 13.1 Å². The average molecular weight is 634 g/mol. The van der Waals surface area contributed by atoms with Crippen LogP contribution < -0.4 is 20.7 Å². The fourth-order valence-electron chi connectivity index (χ4n) is 7.10. The van der Waals surface area contributed by atoms with Gasteiger partial charge in [-0.2, -0.15) is 22.2 Å². The highest BCUT2D eigenvalue weighted by Crippen LogP contribution is 2.34. The third kappa shape index (κ3) is 5.95. The van der Waals surface area contributed by atoms with Gasteiger partial charge in [0.15, 0.2) is 0 Å². The molecule has 4 aromatic rings. The van der Waals surface area contributed by atoms with Crippen LogP contribution in [0.5, 0.6) is 0 Å². The summed E-state index contributed by atoms with van der Waals surface area (Å²) in [5.74, 6) is 0. The van der Waals surface area contributed by atoms with Crippen LogP contribution in [0, 0.1) is 41.5 Å². The second kappa shape index (κ2) is 12.8. The van der Waals surface area contributed by atoms with Crippen LogP contribution in [0.2, 0.25) is 0 Å². The highest BCUT2D eigenvalue weighted by Gasteiger charge is 2.62. The highest BCUT2D eigenvalue weighted by atomic mass is 35.6. The van der Waals surface area contributed by atoms with Gasteiger partial charge < -0.3 is 9.80 Å². The van der Waals surface area contributed by atoms with Gasteiger partial charge in [-0.05, 0) is 124 Å². The summed E-state index contributed by atoms with van der Waals surface area (Å²) in [6.07, 6.45) is 0. The molecule has 0 saturated carbocycles. The maximum atomic E-state index is 8.75. The lowest BCUT2D eigenvalue weighted by atomic mass is 10.1. The van der Waals surface area contributed by atoms with Crippen LogP contribution in [0.3, 0.4) is 0 Å². The van der Waals surface area contributed by atoms with Gasteiger partial charge in [0.1, 0.15) is 0 Å². The molecule has 0 spiro atoms. The van der Waals surface area contributed by atoms with Crippen molar-refractivity contribution in [3.8, 4) is 0 Å². The Kier molecular flexibility index (Phi) is 9.98. The number of benzene rings is 4. The summed E-state index contributed by atoms with van der Waals surface area (Å²) in [5, 5.41) is 5.00. The molecule has 0 amide bonds. The molecule has 0 bridgehead atoms. The number of nitrogens with zero attached hydrogens (tertiary/aromatic N) is 2. The van der Waals surface area contributed by atoms with Gasteiger partial charge in [0.2, 0.25) is 13.8 Å². The van der Waals surface area contributed by atoms with E-state index in [0.29, 0.717) is 0 Å². The maximum Gasteiger partial charge on any atom is 0.234 e. The minimum atomic E-state index is -3.29. The number of hydrogen-bond donors (Lipinski definition) is 0. The molecule has 0 aromatic heterocycles. The Morgan fingerprint density at radius 2 is 0.786 bits per heavy atom. The molecule has 0 aliphatic heterocycles. The number of rotatable bonds is 9. The van der Waals surface area contributed by atoms with Crippen molar-refractivity contribution in [1.82, 2.24) is 9.80 Å². The Morgan fingerprint density at radius 1 is 0.500 bits per heavy atom. The van der Waals surface area contributed by atoms with Crippen LogP contribution in [-0.4, -0.2) is 51.8 Å². The van der Waals surface area contributed by atoms with Gasteiger partial charge in [-0.1, -0.05) is 83.9 Å². The van der Waals surface area contributed by atoms with Crippen LogP contribution in [0.4, 0.5) is 0 Å². The van der Waals surface area contributed by atoms with Gasteiger partial charge in [-0.25, -0.2) is 0 Å². The number of aryl methyl sites for hydroxylation is 6. The van der Waals surface area contributed by atoms with Crippen molar-refractivity contribution >= 4 is 56.7 Å². The predicted molar refractivity (Wildman–Crippen MR) is 191 cm³/mol. The summed E-state index contributed by atoms with van der Waals surface area (Å²) in [4.78, 5) is 4.47. The molecule has 2 atom stereocenters. The Hall–Kier alpha value is -2.19. The fourth-order valence-corrected chi connectivity index (χ4v) is 27.9. The maximum absolute atomic E-state index is 8.75. The quantitative estimate of drug-likeness (QED) is 0.164. The SMILES string of the molecule is Cc1cc(C)c([Si](Cl)(c2ccccc2CN(C)C)[Si](Cl)(c2ccccc2CN(C)C)c2c(C)cc(C)cc2C)c(C)c1. The summed E-state index contributed by atoms with van der Waals surface area (Å²) < 4.78 is 0. The molecule has 0 saturated heterocycles. The zero-order valence-corrected chi connectivity index (χ0v) is 30.5. The van der Waals surface area contributed by atoms with E-state index in [1.807, 2.05) is 0 Å². The lowest BCUT2D eigenvalue weighted by Gasteiger charge is -2.45. The monoisotopic (exact) mass is 632 g/mol. The van der Waals surface area contributed by atoms with E-state index < -0.39 is 13.8 Å². The Labute approximate surface area is 265 Å². The molecule has 0 fully saturated rings. The molecule has 222 valence electrons. The molecule has 42 heavy (non-hydrogen) atoms. The molecule has 2 nitrogen and oxygen atoms in total. The van der Waals surface area contributed by atoms with E-state index in [9.17, 15) is 0 Å². The van der Waals surface area contributed by atoms with Gasteiger partial charge in [0.05, 0.1) is 0 Å². The lowest BCUT2D eigenvalue weighted by molar-refractivity contribution is 0.403. The van der Waals surface area contributed by atoms with Crippen LogP contribution in [-0.2, 0) is 13.1 Å². The zero-order chi connectivity index (χ0) is 31.0. The van der Waals surface area contributed by atoms with E-state index in [-0.39, 0.29) is 0 Å². The summed E-state index contributed by atoms with van der Waals surface area (Å²) in [6, 6.07) is 26.9. The van der Waals surface area contributed by atoms with E-state index in [1.54, 1.807) is 0 Å². The van der Waals surface area contributed by atoms with Crippen molar-refractivity contribution in [2.24, 2.45) is 0 Å². The average Bonchev–Trinajstić information content (AvgIpc) is 2.87. The van der Waals surface area contributed by atoms with E-state index in [0.717, 1.165) is 13.1 Å². The Balaban J connectivity index is 2.31. The zero-order valence-electron chi connectivity index (χ0n) is 27.0. The standard InChI is InChI=1S/C36H46Cl2N2Si2/c1-25-19-27(3)35(28(4)20-25)41(37,33-17-13-11-15-31(33)23-39(7)8)42(38,36-29(5)21-26(2)22-30(36)6)34-18-14-12-16-32(34)24-40(9)10/h11-22H,23-24H2,1-10H3. The molecule has 0 radical (unpaired) electrons. The van der Waals surface area contributed by atoms with E-state index in [1.165, 1.54) is 65.3 Å². The molecular weight excluding hydrogens is 587 g/mol. The predicted octanol–water partition coefficient (Wildman–Crippen LogP) is 6.04. The first-order valence-corrected chi connectivity index (χ1v) is 21.7. The summed E-state index contributed by atoms with van der Waals surface area (Å²) in [5.41, 5.74) is 9.96. The van der Waals surface area contributed by atoms with E-state index >= 15 is 0 Å². The molecular formula is C36H46Cl2N2Si2. The molecule has 0 heterocycles. The summed E-state index contributed by atoms with van der Waals surface area (Å²) in [6.45, 7) is 8.31. The van der Waals surface area contributed by atoms with Crippen molar-refractivity contribution in [2.45, 2.75) is 54.6 Å². The van der Waals surface area contributed by atoms with Crippen molar-refractivity contribution in [3.05, 3.63) is 117 Å². The molecule has 2 unspecified atom stereocenters. The fraction of sp³-hybridized carbons (Fsp3) is 0.333. The van der Waals surface area contributed by atoms with E-state index in [4.69, 9.17) is 22.2 Å². The van der Waals surface area contributed by atoms with Gasteiger partial charge in [-0.15, -0.1) is 0 Å². The highest BCUT2D eigenvalue weighted by molar-refractivity contribution is 7.84. The minimum absolute atomic E-state index is 0.800. The molecule has 6 heteroatoms. The molecule has 0 N–H and O–H groups in total. The first-order valence-electron chi connectivity index (χ1n) is 14.7. The van der Waals surface area contributed by atoms with Crippen LogP contribution in [0.1, 0.15) is 44.5 Å². The van der Waals surface area contributed by atoms with Crippen molar-refractivity contribution in [3.63, 3.8) is 0 Å². The van der Waals surface area contributed by atoms with Gasteiger partial charge in [0.25, 0.3) is 0 Å². The van der Waals surface area contributed by atoms with E-state index in [2.05, 4.69) is 152 Å². The Bertz CT molecular complexity index is 1430. The number of halogens is 2. The van der Waals surface area contributed by atoms with Crippen LogP contribution in [0.15, 0.2) is 72.8 Å². The third-order valence-corrected chi connectivity index (χ3v) is 28.9. The normalized spacial score (nSPS) is 14.7. The van der Waals surface area contributed by atoms with Gasteiger partial charge in [-0.3, -0.25) is 0 Å². The molecule has 4 aromatic carbocycles. The van der Waals surface area contributed by atoms with Crippen molar-refractivity contribution in [1.29, 1.82) is 0 Å². The summed E-state index contributed by atoms with van der Waals surface area (Å²) >= 11 is 17.5. The Morgan fingerprint density at radius 3 is 1.07 bits per heavy atom. The largest absolute Gasteiger partial charge is 0.305 e. The number of hydrogen-bond acceptors (Lipinski definition) is 2. The first-order chi connectivity index (χ1) is 19.7. The minimum Gasteiger partial charge on any atom is -0.305 e. The van der Waals surface area contributed by atoms with Gasteiger partial charge >= 0.3 is 0 Å². The van der Waals surface area contributed by atoms with Crippen LogP contribution in [0.25, 0.3) is 0 Å². The lowest BCUT2D eigenvalue weighted by Crippen LogP contribution is -2.82. The summed E-state index contributed by atoms with van der Waals surface area (Å²) in [7, 11) is 8.51. The molecule has 0 aliphatic rings. The third-order valence-electron chi connectivity index (χ3n) is 8.27. The second-order valence-corrected chi connectivity index (χ2v) is 27.2. The first kappa shape index (κ1) is 32.7.